The molecule has 0 fully saturated rings. The van der Waals surface area contributed by atoms with Gasteiger partial charge in [-0.3, -0.25) is 0 Å². The summed E-state index contributed by atoms with van der Waals surface area (Å²) >= 11 is 6.44. The van der Waals surface area contributed by atoms with Crippen LogP contribution in [0, 0.1) is 0 Å². The van der Waals surface area contributed by atoms with E-state index in [1.54, 1.807) is 0 Å². The molecule has 0 aliphatic heterocycles. The minimum absolute atomic E-state index is 0. The van der Waals surface area contributed by atoms with Gasteiger partial charge in [0.15, 0.2) is 0 Å². The van der Waals surface area contributed by atoms with Gasteiger partial charge < -0.3 is 1.43 Å². The van der Waals surface area contributed by atoms with E-state index >= 15 is 0 Å². The van der Waals surface area contributed by atoms with Gasteiger partial charge in [-0.25, -0.2) is 0 Å². The first kappa shape index (κ1) is 16.1. The van der Waals surface area contributed by atoms with Gasteiger partial charge in [0.05, 0.1) is 0 Å². The van der Waals surface area contributed by atoms with Crippen molar-refractivity contribution >= 4 is 47.2 Å². The molecule has 0 saturated heterocycles. The molecule has 4 heteroatoms. The molecule has 0 aromatic heterocycles. The molecule has 0 amide bonds. The van der Waals surface area contributed by atoms with Crippen molar-refractivity contribution in [3.8, 4) is 0 Å². The van der Waals surface area contributed by atoms with Gasteiger partial charge in [0.25, 0.3) is 0 Å². The molecular weight excluding hydrogens is 206 g/mol. The van der Waals surface area contributed by atoms with E-state index in [1.807, 2.05) is 0 Å². The summed E-state index contributed by atoms with van der Waals surface area (Å²) in [6.45, 7) is 0. The molecular formula is H5NaS2Sn. The zero-order chi connectivity index (χ0) is 2.00. The van der Waals surface area contributed by atoms with E-state index < -0.39 is 0 Å². The van der Waals surface area contributed by atoms with E-state index in [4.69, 9.17) is 0 Å². The Kier molecular flexibility index (Phi) is 71.5. The Morgan fingerprint density at radius 3 is 1.25 bits per heavy atom. The Bertz CT molecular complexity index is 9.61. The standard InChI is InChI=1S/Na.H2S2.Sn.3H/c;1-2;;;;/h;1-2H;;;;/q+1;;;;;-1. The first-order valence-corrected chi connectivity index (χ1v) is 1.80. The average molecular weight is 211 g/mol. The summed E-state index contributed by atoms with van der Waals surface area (Å²) < 4.78 is 0. The molecule has 0 bridgehead atoms. The maximum absolute atomic E-state index is 3.22. The zero-order valence-electron chi connectivity index (χ0n) is 3.60. The molecule has 22 valence electrons. The van der Waals surface area contributed by atoms with Crippen LogP contribution in [0.25, 0.3) is 0 Å². The Hall–Kier alpha value is 2.50. The summed E-state index contributed by atoms with van der Waals surface area (Å²) in [5, 5.41) is 0. The van der Waals surface area contributed by atoms with Gasteiger partial charge in [-0.05, 0) is 0 Å². The van der Waals surface area contributed by atoms with Crippen LogP contribution >= 0.6 is 23.3 Å². The molecule has 0 nitrogen and oxygen atoms in total. The molecule has 0 saturated carbocycles. The molecule has 0 aromatic rings. The molecule has 0 aromatic carbocycles. The molecule has 0 N–H and O–H groups in total. The summed E-state index contributed by atoms with van der Waals surface area (Å²) in [6.07, 6.45) is 0. The van der Waals surface area contributed by atoms with Crippen molar-refractivity contribution in [3.63, 3.8) is 0 Å². The second-order valence-corrected chi connectivity index (χ2v) is 0. The van der Waals surface area contributed by atoms with Gasteiger partial charge in [0.2, 0.25) is 0 Å². The van der Waals surface area contributed by atoms with Gasteiger partial charge in [0.1, 0.15) is 0 Å². The Morgan fingerprint density at radius 1 is 1.25 bits per heavy atom. The van der Waals surface area contributed by atoms with Gasteiger partial charge in [0, 0.05) is 0 Å². The van der Waals surface area contributed by atoms with E-state index in [-0.39, 0.29) is 54.9 Å². The van der Waals surface area contributed by atoms with Gasteiger partial charge in [-0.15, -0.1) is 23.3 Å². The van der Waals surface area contributed by atoms with Gasteiger partial charge >= 0.3 is 53.5 Å². The van der Waals surface area contributed by atoms with Crippen molar-refractivity contribution in [2.24, 2.45) is 0 Å². The molecule has 0 rings (SSSR count). The zero-order valence-corrected chi connectivity index (χ0v) is 10.4. The van der Waals surface area contributed by atoms with Crippen molar-refractivity contribution in [1.82, 2.24) is 0 Å². The first-order valence-electron chi connectivity index (χ1n) is 0.200. The van der Waals surface area contributed by atoms with Crippen LogP contribution in [0.3, 0.4) is 0 Å². The summed E-state index contributed by atoms with van der Waals surface area (Å²) in [7, 11) is 0. The van der Waals surface area contributed by atoms with E-state index in [0.29, 0.717) is 0 Å². The average Bonchev–Trinajstić information content (AvgIpc) is 1.00. The van der Waals surface area contributed by atoms with Crippen molar-refractivity contribution in [2.75, 3.05) is 0 Å². The fraction of sp³-hybridized carbons (Fsp3) is 0. The van der Waals surface area contributed by atoms with E-state index in [0.717, 1.165) is 0 Å². The maximum atomic E-state index is 3.22. The van der Waals surface area contributed by atoms with Crippen molar-refractivity contribution in [1.29, 1.82) is 0 Å². The van der Waals surface area contributed by atoms with Crippen molar-refractivity contribution in [2.45, 2.75) is 0 Å². The summed E-state index contributed by atoms with van der Waals surface area (Å²) in [5.41, 5.74) is 0. The van der Waals surface area contributed by atoms with Crippen LogP contribution in [-0.2, 0) is 0 Å². The first-order chi connectivity index (χ1) is 1.00. The van der Waals surface area contributed by atoms with Crippen LogP contribution in [0.2, 0.25) is 0 Å². The minimum atomic E-state index is 0. The van der Waals surface area contributed by atoms with Crippen LogP contribution in [-0.4, -0.2) is 23.9 Å². The van der Waals surface area contributed by atoms with E-state index in [1.165, 1.54) is 0 Å². The monoisotopic (exact) mass is 212 g/mol. The molecule has 0 aliphatic rings. The molecule has 0 aliphatic carbocycles. The summed E-state index contributed by atoms with van der Waals surface area (Å²) in [4.78, 5) is 0. The second-order valence-electron chi connectivity index (χ2n) is 0. The number of rotatable bonds is 0. The molecule has 4 heavy (non-hydrogen) atoms. The molecule has 0 atom stereocenters. The van der Waals surface area contributed by atoms with Crippen LogP contribution < -0.4 is 29.6 Å². The Labute approximate surface area is 77.1 Å². The van der Waals surface area contributed by atoms with Crippen LogP contribution in [0.4, 0.5) is 0 Å². The second kappa shape index (κ2) is 17.8. The topological polar surface area (TPSA) is 0 Å². The SMILES string of the molecule is SS.[H-].[Na+].[SnH2]. The normalized spacial score (nSPS) is 1.50. The molecule has 0 heterocycles. The number of hydrogen-bond donors (Lipinski definition) is 2. The quantitative estimate of drug-likeness (QED) is 0.237. The Balaban J connectivity index is -0.00000000167. The van der Waals surface area contributed by atoms with Crippen LogP contribution in [0.1, 0.15) is 1.43 Å². The summed E-state index contributed by atoms with van der Waals surface area (Å²) in [5.74, 6) is 0. The van der Waals surface area contributed by atoms with Gasteiger partial charge in [-0.1, -0.05) is 0 Å². The van der Waals surface area contributed by atoms with E-state index in [2.05, 4.69) is 23.3 Å². The van der Waals surface area contributed by atoms with Crippen LogP contribution in [0.15, 0.2) is 0 Å². The van der Waals surface area contributed by atoms with Gasteiger partial charge in [-0.2, -0.15) is 0 Å². The molecule has 0 spiro atoms. The number of hydrogen-bond acceptors (Lipinski definition) is 2. The molecule has 0 unspecified atom stereocenters. The van der Waals surface area contributed by atoms with Crippen molar-refractivity contribution < 1.29 is 31.0 Å². The predicted molar refractivity (Wildman–Crippen MR) is 27.6 cm³/mol. The third-order valence-corrected chi connectivity index (χ3v) is 0. The third-order valence-electron chi connectivity index (χ3n) is 0. The predicted octanol–water partition coefficient (Wildman–Crippen LogP) is -3.04. The van der Waals surface area contributed by atoms with Crippen LogP contribution in [0.5, 0.6) is 0 Å². The van der Waals surface area contributed by atoms with E-state index in [9.17, 15) is 0 Å². The van der Waals surface area contributed by atoms with Crippen molar-refractivity contribution in [3.05, 3.63) is 0 Å². The molecule has 2 radical (unpaired) electrons. The Morgan fingerprint density at radius 2 is 1.25 bits per heavy atom. The third kappa shape index (κ3) is 8.82. The fourth-order valence-corrected chi connectivity index (χ4v) is 0. The number of thiol groups is 2. The summed E-state index contributed by atoms with van der Waals surface area (Å²) in [6, 6.07) is 0. The fourth-order valence-electron chi connectivity index (χ4n) is 0.